The van der Waals surface area contributed by atoms with Crippen LogP contribution in [0.15, 0.2) is 96.6 Å². The van der Waals surface area contributed by atoms with Gasteiger partial charge in [-0.1, -0.05) is 190 Å². The predicted octanol–water partition coefficient (Wildman–Crippen LogP) is 16.3. The van der Waals surface area contributed by atoms with Gasteiger partial charge in [-0.3, -0.25) is 0 Å². The average Bonchev–Trinajstić information content (AvgIpc) is 3.23. The number of ether oxygens (including phenoxy) is 1. The monoisotopic (exact) mass is 764 g/mol. The SMILES string of the molecule is C=O.CC.CC.CC.CCC.COCc1ccccc1.[CH]=C([CH2])c1c(C)c(CC)cc(C)c1/C=C(\[CH2])CC(CCCc1ccccc1)C(C)c1ccc(C)cc1.[HH]. The van der Waals surface area contributed by atoms with E-state index >= 15 is 0 Å². The summed E-state index contributed by atoms with van der Waals surface area (Å²) < 4.78 is 4.93. The Morgan fingerprint density at radius 3 is 1.71 bits per heavy atom. The fraction of sp³-hybridized carbons (Fsp3) is 0.426. The largest absolute Gasteiger partial charge is 0.380 e. The zero-order chi connectivity index (χ0) is 43.5. The van der Waals surface area contributed by atoms with E-state index in [-0.39, 0.29) is 1.43 Å². The molecule has 0 aliphatic rings. The number of hydrogen-bond acceptors (Lipinski definition) is 2. The van der Waals surface area contributed by atoms with Gasteiger partial charge in [-0.25, -0.2) is 0 Å². The Morgan fingerprint density at radius 1 is 0.786 bits per heavy atom. The molecule has 0 N–H and O–H groups in total. The number of rotatable bonds is 13. The van der Waals surface area contributed by atoms with Crippen LogP contribution in [0, 0.1) is 47.1 Å². The third-order valence-electron chi connectivity index (χ3n) is 8.86. The Hall–Kier alpha value is -4.01. The molecule has 0 aliphatic heterocycles. The van der Waals surface area contributed by atoms with E-state index in [1.165, 1.54) is 63.8 Å². The molecule has 0 heterocycles. The minimum atomic E-state index is 0. The van der Waals surface area contributed by atoms with Crippen LogP contribution in [0.5, 0.6) is 0 Å². The molecule has 2 atom stereocenters. The lowest BCUT2D eigenvalue weighted by atomic mass is 9.79. The van der Waals surface area contributed by atoms with Crippen molar-refractivity contribution in [1.82, 2.24) is 0 Å². The standard InChI is InChI=1S/C36H43.C8H10O.C3H8.3C2H6.CH2O.H2/c1-9-32-24-28(6)35(36(25(2)3)30(32)8)23-27(5)22-34(17-13-16-31-14-11-10-12-15-31)29(7)33-20-18-26(4)19-21-33;1-9-7-8-5-3-2-4-6-8;1-3-2;4*1-2;/h2,10-12,14-15,18-21,23-24,29,34H,3,5,9,13,16-17,22H2,1,4,6-8H3;2-6H,7H2,1H3;3H2,1-2H3;3*1-2H3;1H2;1H/b25-2?,27-23+;;;;;;;. The number of aryl methyl sites for hydroxylation is 4. The van der Waals surface area contributed by atoms with Crippen molar-refractivity contribution in [2.75, 3.05) is 7.11 Å². The molecule has 2 heteroatoms. The molecule has 0 fully saturated rings. The summed E-state index contributed by atoms with van der Waals surface area (Å²) in [5.74, 6) is 0.974. The van der Waals surface area contributed by atoms with Gasteiger partial charge in [-0.05, 0) is 129 Å². The van der Waals surface area contributed by atoms with Gasteiger partial charge in [-0.2, -0.15) is 0 Å². The first-order valence-electron chi connectivity index (χ1n) is 21.1. The molecular formula is C54H83O2. The van der Waals surface area contributed by atoms with Crippen LogP contribution in [0.4, 0.5) is 0 Å². The van der Waals surface area contributed by atoms with Gasteiger partial charge in [0.15, 0.2) is 0 Å². The topological polar surface area (TPSA) is 26.3 Å². The van der Waals surface area contributed by atoms with Crippen molar-refractivity contribution in [2.45, 2.75) is 141 Å². The fourth-order valence-corrected chi connectivity index (χ4v) is 6.20. The second-order valence-electron chi connectivity index (χ2n) is 13.1. The number of methoxy groups -OCH3 is 1. The van der Waals surface area contributed by atoms with Gasteiger partial charge in [-0.15, -0.1) is 0 Å². The smallest absolute Gasteiger partial charge is 0.106 e. The van der Waals surface area contributed by atoms with Gasteiger partial charge in [0.25, 0.3) is 0 Å². The Bertz CT molecular complexity index is 1540. The van der Waals surface area contributed by atoms with Gasteiger partial charge in [0.2, 0.25) is 0 Å². The van der Waals surface area contributed by atoms with Crippen LogP contribution in [0.1, 0.15) is 152 Å². The fourth-order valence-electron chi connectivity index (χ4n) is 6.20. The number of allylic oxidation sites excluding steroid dienone is 2. The summed E-state index contributed by atoms with van der Waals surface area (Å²) >= 11 is 0. The maximum atomic E-state index is 8.00. The molecule has 3 radical (unpaired) electrons. The summed E-state index contributed by atoms with van der Waals surface area (Å²) in [5.41, 5.74) is 13.2. The Labute approximate surface area is 349 Å². The number of benzene rings is 4. The quantitative estimate of drug-likeness (QED) is 0.136. The molecule has 0 spiro atoms. The molecule has 4 aromatic rings. The van der Waals surface area contributed by atoms with Crippen LogP contribution in [0.3, 0.4) is 0 Å². The minimum absolute atomic E-state index is 0. The highest BCUT2D eigenvalue weighted by Gasteiger charge is 2.20. The molecule has 2 unspecified atom stereocenters. The van der Waals surface area contributed by atoms with Gasteiger partial charge in [0.05, 0.1) is 6.61 Å². The molecule has 0 amide bonds. The lowest BCUT2D eigenvalue weighted by Crippen LogP contribution is -2.12. The maximum Gasteiger partial charge on any atom is 0.106 e. The van der Waals surface area contributed by atoms with Crippen LogP contribution >= 0.6 is 0 Å². The molecule has 311 valence electrons. The number of hydrogen-bond donors (Lipinski definition) is 0. The molecule has 4 aromatic carbocycles. The van der Waals surface area contributed by atoms with E-state index in [1.807, 2.05) is 78.7 Å². The molecule has 0 saturated carbocycles. The molecule has 2 nitrogen and oxygen atoms in total. The average molecular weight is 764 g/mol. The first-order chi connectivity index (χ1) is 27.1. The number of carbonyl (C=O) groups excluding carboxylic acids is 1. The zero-order valence-corrected chi connectivity index (χ0v) is 38.4. The van der Waals surface area contributed by atoms with Gasteiger partial charge in [0, 0.05) is 8.54 Å². The third-order valence-corrected chi connectivity index (χ3v) is 8.86. The van der Waals surface area contributed by atoms with Crippen LogP contribution in [-0.2, 0) is 29.0 Å². The normalized spacial score (nSPS) is 10.9. The summed E-state index contributed by atoms with van der Waals surface area (Å²) in [5, 5.41) is 0. The van der Waals surface area contributed by atoms with E-state index in [2.05, 4.69) is 129 Å². The lowest BCUT2D eigenvalue weighted by molar-refractivity contribution is -0.0980. The van der Waals surface area contributed by atoms with Gasteiger partial charge in [0.1, 0.15) is 6.79 Å². The highest BCUT2D eigenvalue weighted by molar-refractivity contribution is 5.79. The predicted molar refractivity (Wildman–Crippen MR) is 255 cm³/mol. The molecule has 4 rings (SSSR count). The van der Waals surface area contributed by atoms with E-state index in [9.17, 15) is 0 Å². The summed E-state index contributed by atoms with van der Waals surface area (Å²) in [7, 11) is 1.70. The lowest BCUT2D eigenvalue weighted by Gasteiger charge is -2.26. The van der Waals surface area contributed by atoms with Gasteiger partial charge >= 0.3 is 0 Å². The first kappa shape index (κ1) is 56.3. The van der Waals surface area contributed by atoms with Gasteiger partial charge < -0.3 is 9.53 Å². The maximum absolute atomic E-state index is 8.00. The van der Waals surface area contributed by atoms with Crippen LogP contribution < -0.4 is 0 Å². The van der Waals surface area contributed by atoms with Crippen molar-refractivity contribution in [2.24, 2.45) is 5.92 Å². The Morgan fingerprint density at radius 2 is 1.27 bits per heavy atom. The third kappa shape index (κ3) is 22.5. The Balaban J connectivity index is -0.000000558. The van der Waals surface area contributed by atoms with E-state index < -0.39 is 0 Å². The van der Waals surface area contributed by atoms with E-state index in [1.54, 1.807) is 7.11 Å². The van der Waals surface area contributed by atoms with Crippen LogP contribution in [0.2, 0.25) is 0 Å². The van der Waals surface area contributed by atoms with Crippen LogP contribution in [0.25, 0.3) is 11.6 Å². The van der Waals surface area contributed by atoms with Crippen molar-refractivity contribution >= 4 is 18.4 Å². The molecule has 0 aromatic heterocycles. The second-order valence-corrected chi connectivity index (χ2v) is 13.1. The van der Waals surface area contributed by atoms with Crippen molar-refractivity contribution < 1.29 is 11.0 Å². The molecule has 56 heavy (non-hydrogen) atoms. The van der Waals surface area contributed by atoms with Crippen molar-refractivity contribution in [3.05, 3.63) is 167 Å². The van der Waals surface area contributed by atoms with Crippen molar-refractivity contribution in [3.63, 3.8) is 0 Å². The van der Waals surface area contributed by atoms with E-state index in [0.717, 1.165) is 30.4 Å². The summed E-state index contributed by atoms with van der Waals surface area (Å²) in [6.45, 7) is 45.0. The summed E-state index contributed by atoms with van der Waals surface area (Å²) in [6.07, 6.45) is 8.93. The summed E-state index contributed by atoms with van der Waals surface area (Å²) in [4.78, 5) is 8.00. The van der Waals surface area contributed by atoms with E-state index in [4.69, 9.17) is 16.1 Å². The highest BCUT2D eigenvalue weighted by Crippen LogP contribution is 2.35. The highest BCUT2D eigenvalue weighted by atomic mass is 16.5. The van der Waals surface area contributed by atoms with E-state index in [0.29, 0.717) is 24.0 Å². The molecular weight excluding hydrogens is 681 g/mol. The summed E-state index contributed by atoms with van der Waals surface area (Å²) in [6, 6.07) is 32.3. The van der Waals surface area contributed by atoms with Crippen molar-refractivity contribution in [1.29, 1.82) is 0 Å². The van der Waals surface area contributed by atoms with Crippen LogP contribution in [-0.4, -0.2) is 13.9 Å². The minimum Gasteiger partial charge on any atom is -0.380 e. The molecule has 0 saturated heterocycles. The van der Waals surface area contributed by atoms with Crippen molar-refractivity contribution in [3.8, 4) is 0 Å². The first-order valence-corrected chi connectivity index (χ1v) is 21.1. The second kappa shape index (κ2) is 36.6. The zero-order valence-electron chi connectivity index (χ0n) is 38.4. The molecule has 0 aliphatic carbocycles. The number of carbonyl (C=O) groups is 1. The molecule has 0 bridgehead atoms. The Kier molecular flexibility index (Phi) is 36.8.